The number of methoxy groups -OCH3 is 1. The van der Waals surface area contributed by atoms with Crippen LogP contribution >= 0.6 is 0 Å². The fourth-order valence-corrected chi connectivity index (χ4v) is 3.25. The molecule has 0 saturated heterocycles. The van der Waals surface area contributed by atoms with Crippen molar-refractivity contribution in [1.29, 1.82) is 0 Å². The van der Waals surface area contributed by atoms with Gasteiger partial charge in [-0.05, 0) is 43.4 Å². The molecule has 1 fully saturated rings. The van der Waals surface area contributed by atoms with Gasteiger partial charge in [0.2, 0.25) is 5.91 Å². The van der Waals surface area contributed by atoms with Crippen LogP contribution in [0.5, 0.6) is 5.75 Å². The summed E-state index contributed by atoms with van der Waals surface area (Å²) in [5.41, 5.74) is -0.442. The van der Waals surface area contributed by atoms with Gasteiger partial charge in [-0.15, -0.1) is 0 Å². The number of hydrogen-bond donors (Lipinski definition) is 2. The first-order valence-corrected chi connectivity index (χ1v) is 8.13. The Morgan fingerprint density at radius 1 is 1.22 bits per heavy atom. The Balaban J connectivity index is 2.04. The Labute approximate surface area is 137 Å². The number of hydrogen-bond acceptors (Lipinski definition) is 3. The number of aliphatic carboxylic acids is 1. The third-order valence-corrected chi connectivity index (χ3v) is 4.95. The maximum atomic E-state index is 12.6. The van der Waals surface area contributed by atoms with Crippen LogP contribution in [0.1, 0.15) is 44.6 Å². The SMILES string of the molecule is COc1ccc(CNC(=O)C(C)(C(=O)O)C2CCCCC2)cc1. The van der Waals surface area contributed by atoms with Gasteiger partial charge in [0.1, 0.15) is 11.2 Å². The van der Waals surface area contributed by atoms with Gasteiger partial charge >= 0.3 is 5.97 Å². The molecule has 0 radical (unpaired) electrons. The van der Waals surface area contributed by atoms with Crippen LogP contribution in [0.2, 0.25) is 0 Å². The van der Waals surface area contributed by atoms with Gasteiger partial charge in [0.25, 0.3) is 0 Å². The van der Waals surface area contributed by atoms with E-state index in [0.717, 1.165) is 43.4 Å². The standard InChI is InChI=1S/C18H25NO4/c1-18(17(21)22,14-6-4-3-5-7-14)16(20)19-12-13-8-10-15(23-2)11-9-13/h8-11,14H,3-7,12H2,1-2H3,(H,19,20)(H,21,22). The van der Waals surface area contributed by atoms with Crippen molar-refractivity contribution in [3.05, 3.63) is 29.8 Å². The molecule has 0 bridgehead atoms. The van der Waals surface area contributed by atoms with E-state index in [0.29, 0.717) is 6.54 Å². The molecule has 0 aliphatic heterocycles. The number of carbonyl (C=O) groups excluding carboxylic acids is 1. The van der Waals surface area contributed by atoms with E-state index in [4.69, 9.17) is 4.74 Å². The van der Waals surface area contributed by atoms with Crippen molar-refractivity contribution in [3.63, 3.8) is 0 Å². The predicted molar refractivity (Wildman–Crippen MR) is 87.2 cm³/mol. The summed E-state index contributed by atoms with van der Waals surface area (Å²) in [5, 5.41) is 12.4. The number of carbonyl (C=O) groups is 2. The molecule has 0 heterocycles. The number of carboxylic acids is 1. The first kappa shape index (κ1) is 17.3. The van der Waals surface area contributed by atoms with E-state index in [1.54, 1.807) is 14.0 Å². The van der Waals surface area contributed by atoms with E-state index in [9.17, 15) is 14.7 Å². The molecule has 2 rings (SSSR count). The monoisotopic (exact) mass is 319 g/mol. The van der Waals surface area contributed by atoms with E-state index >= 15 is 0 Å². The molecule has 1 amide bonds. The average Bonchev–Trinajstić information content (AvgIpc) is 2.59. The molecule has 23 heavy (non-hydrogen) atoms. The minimum atomic E-state index is -1.35. The molecule has 1 saturated carbocycles. The Hall–Kier alpha value is -2.04. The van der Waals surface area contributed by atoms with Crippen molar-refractivity contribution in [2.45, 2.75) is 45.6 Å². The fourth-order valence-electron chi connectivity index (χ4n) is 3.25. The Morgan fingerprint density at radius 2 is 1.83 bits per heavy atom. The minimum Gasteiger partial charge on any atom is -0.497 e. The maximum absolute atomic E-state index is 12.6. The highest BCUT2D eigenvalue weighted by Gasteiger charge is 2.48. The topological polar surface area (TPSA) is 75.6 Å². The number of nitrogens with one attached hydrogen (secondary N) is 1. The van der Waals surface area contributed by atoms with Crippen molar-refractivity contribution in [3.8, 4) is 5.75 Å². The Morgan fingerprint density at radius 3 is 2.35 bits per heavy atom. The first-order valence-electron chi connectivity index (χ1n) is 8.13. The van der Waals surface area contributed by atoms with Gasteiger partial charge in [0.15, 0.2) is 0 Å². The van der Waals surface area contributed by atoms with E-state index < -0.39 is 17.3 Å². The average molecular weight is 319 g/mol. The fraction of sp³-hybridized carbons (Fsp3) is 0.556. The van der Waals surface area contributed by atoms with Crippen molar-refractivity contribution < 1.29 is 19.4 Å². The van der Waals surface area contributed by atoms with Crippen molar-refractivity contribution in [2.75, 3.05) is 7.11 Å². The summed E-state index contributed by atoms with van der Waals surface area (Å²) in [5.74, 6) is -0.772. The predicted octanol–water partition coefficient (Wildman–Crippen LogP) is 2.98. The highest BCUT2D eigenvalue weighted by molar-refractivity contribution is 6.01. The van der Waals surface area contributed by atoms with Gasteiger partial charge in [-0.25, -0.2) is 0 Å². The summed E-state index contributed by atoms with van der Waals surface area (Å²) in [6.07, 6.45) is 4.73. The molecule has 1 aliphatic carbocycles. The lowest BCUT2D eigenvalue weighted by molar-refractivity contribution is -0.159. The van der Waals surface area contributed by atoms with E-state index in [1.165, 1.54) is 0 Å². The van der Waals surface area contributed by atoms with Crippen LogP contribution in [-0.4, -0.2) is 24.1 Å². The smallest absolute Gasteiger partial charge is 0.319 e. The quantitative estimate of drug-likeness (QED) is 0.790. The van der Waals surface area contributed by atoms with E-state index in [2.05, 4.69) is 5.32 Å². The maximum Gasteiger partial charge on any atom is 0.319 e. The summed E-state index contributed by atoms with van der Waals surface area (Å²) in [6.45, 7) is 1.88. The normalized spacial score (nSPS) is 18.0. The van der Waals surface area contributed by atoms with E-state index in [-0.39, 0.29) is 5.92 Å². The molecule has 1 aliphatic rings. The summed E-state index contributed by atoms with van der Waals surface area (Å²) >= 11 is 0. The highest BCUT2D eigenvalue weighted by atomic mass is 16.5. The molecule has 5 nitrogen and oxygen atoms in total. The van der Waals surface area contributed by atoms with Crippen LogP contribution in [-0.2, 0) is 16.1 Å². The Kier molecular flexibility index (Phi) is 5.64. The summed E-state index contributed by atoms with van der Waals surface area (Å²) in [4.78, 5) is 24.4. The molecule has 1 atom stereocenters. The van der Waals surface area contributed by atoms with Crippen molar-refractivity contribution in [1.82, 2.24) is 5.32 Å². The molecule has 5 heteroatoms. The van der Waals surface area contributed by atoms with Gasteiger partial charge in [-0.2, -0.15) is 0 Å². The van der Waals surface area contributed by atoms with Gasteiger partial charge in [0.05, 0.1) is 7.11 Å². The van der Waals surface area contributed by atoms with Crippen molar-refractivity contribution >= 4 is 11.9 Å². The minimum absolute atomic E-state index is 0.0929. The third kappa shape index (κ3) is 3.84. The number of ether oxygens (including phenoxy) is 1. The molecule has 2 N–H and O–H groups in total. The molecule has 126 valence electrons. The lowest BCUT2D eigenvalue weighted by atomic mass is 9.69. The largest absolute Gasteiger partial charge is 0.497 e. The molecule has 1 aromatic carbocycles. The number of amides is 1. The summed E-state index contributed by atoms with van der Waals surface area (Å²) in [7, 11) is 1.60. The third-order valence-electron chi connectivity index (χ3n) is 4.95. The lowest BCUT2D eigenvalue weighted by Gasteiger charge is -2.35. The van der Waals surface area contributed by atoms with Gasteiger partial charge in [0, 0.05) is 6.54 Å². The van der Waals surface area contributed by atoms with Crippen LogP contribution < -0.4 is 10.1 Å². The van der Waals surface area contributed by atoms with Crippen LogP contribution in [0.25, 0.3) is 0 Å². The zero-order valence-corrected chi connectivity index (χ0v) is 13.8. The second-order valence-corrected chi connectivity index (χ2v) is 6.37. The first-order chi connectivity index (χ1) is 11.0. The van der Waals surface area contributed by atoms with Gasteiger partial charge in [-0.3, -0.25) is 9.59 Å². The van der Waals surface area contributed by atoms with Gasteiger partial charge in [-0.1, -0.05) is 31.4 Å². The second kappa shape index (κ2) is 7.49. The van der Waals surface area contributed by atoms with Crippen LogP contribution in [0.4, 0.5) is 0 Å². The summed E-state index contributed by atoms with van der Waals surface area (Å²) < 4.78 is 5.09. The van der Waals surface area contributed by atoms with Gasteiger partial charge < -0.3 is 15.2 Å². The van der Waals surface area contributed by atoms with Crippen molar-refractivity contribution in [2.24, 2.45) is 11.3 Å². The number of benzene rings is 1. The van der Waals surface area contributed by atoms with Crippen LogP contribution in [0.3, 0.4) is 0 Å². The Bertz CT molecular complexity index is 549. The number of rotatable bonds is 6. The second-order valence-electron chi connectivity index (χ2n) is 6.37. The molecule has 1 unspecified atom stereocenters. The molecule has 0 aromatic heterocycles. The zero-order valence-electron chi connectivity index (χ0n) is 13.8. The molecular formula is C18H25NO4. The molecular weight excluding hydrogens is 294 g/mol. The molecule has 0 spiro atoms. The van der Waals surface area contributed by atoms with Crippen LogP contribution in [0.15, 0.2) is 24.3 Å². The zero-order chi connectivity index (χ0) is 16.9. The highest BCUT2D eigenvalue weighted by Crippen LogP contribution is 2.39. The summed E-state index contributed by atoms with van der Waals surface area (Å²) in [6, 6.07) is 7.35. The number of carboxylic acid groups (broad SMARTS) is 1. The van der Waals surface area contributed by atoms with E-state index in [1.807, 2.05) is 24.3 Å². The van der Waals surface area contributed by atoms with Crippen LogP contribution in [0, 0.1) is 11.3 Å². The lowest BCUT2D eigenvalue weighted by Crippen LogP contribution is -2.49. The molecule has 1 aromatic rings.